The number of oxazole rings is 1. The van der Waals surface area contributed by atoms with E-state index in [0.717, 1.165) is 12.4 Å². The van der Waals surface area contributed by atoms with E-state index < -0.39 is 0 Å². The molecule has 1 aromatic rings. The highest BCUT2D eigenvalue weighted by Gasteiger charge is 2.23. The maximum atomic E-state index is 5.70. The second-order valence-electron chi connectivity index (χ2n) is 5.80. The average Bonchev–Trinajstić information content (AvgIpc) is 2.98. The van der Waals surface area contributed by atoms with Crippen molar-refractivity contribution < 1.29 is 4.42 Å². The van der Waals surface area contributed by atoms with Gasteiger partial charge >= 0.3 is 0 Å². The van der Waals surface area contributed by atoms with Crippen LogP contribution in [0.3, 0.4) is 0 Å². The normalized spacial score (nSPS) is 27.0. The predicted molar refractivity (Wildman–Crippen MR) is 71.5 cm³/mol. The summed E-state index contributed by atoms with van der Waals surface area (Å²) in [7, 11) is 0. The average molecular weight is 248 g/mol. The molecule has 1 atom stereocenters. The first-order valence-corrected chi connectivity index (χ1v) is 7.62. The molecule has 3 rings (SSSR count). The first-order valence-electron chi connectivity index (χ1n) is 7.62. The van der Waals surface area contributed by atoms with Gasteiger partial charge in [-0.3, -0.25) is 0 Å². The Morgan fingerprint density at radius 3 is 2.50 bits per heavy atom. The van der Waals surface area contributed by atoms with Crippen molar-refractivity contribution in [1.29, 1.82) is 0 Å². The van der Waals surface area contributed by atoms with Gasteiger partial charge in [0.2, 0.25) is 5.89 Å². The molecule has 0 bridgehead atoms. The van der Waals surface area contributed by atoms with Gasteiger partial charge in [-0.1, -0.05) is 32.1 Å². The molecule has 1 N–H and O–H groups in total. The minimum absolute atomic E-state index is 0.368. The molecule has 18 heavy (non-hydrogen) atoms. The fourth-order valence-electron chi connectivity index (χ4n) is 3.30. The summed E-state index contributed by atoms with van der Waals surface area (Å²) in [6, 6.07) is 0.368. The maximum Gasteiger partial charge on any atom is 0.211 e. The third-order valence-corrected chi connectivity index (χ3v) is 4.42. The van der Waals surface area contributed by atoms with Crippen molar-refractivity contribution in [2.45, 2.75) is 69.7 Å². The van der Waals surface area contributed by atoms with Crippen LogP contribution in [0.1, 0.15) is 81.3 Å². The molecule has 0 amide bonds. The molecule has 2 fully saturated rings. The molecule has 0 unspecified atom stereocenters. The summed E-state index contributed by atoms with van der Waals surface area (Å²) in [6.45, 7) is 1.10. The second kappa shape index (κ2) is 5.87. The fraction of sp³-hybridized carbons (Fsp3) is 0.800. The zero-order chi connectivity index (χ0) is 12.2. The van der Waals surface area contributed by atoms with Crippen LogP contribution < -0.4 is 5.32 Å². The largest absolute Gasteiger partial charge is 0.447 e. The van der Waals surface area contributed by atoms with Crippen LogP contribution in [0.15, 0.2) is 10.7 Å². The maximum absolute atomic E-state index is 5.70. The molecule has 0 aromatic carbocycles. The van der Waals surface area contributed by atoms with Crippen molar-refractivity contribution in [1.82, 2.24) is 10.3 Å². The molecular formula is C15H24N2O. The van der Waals surface area contributed by atoms with E-state index >= 15 is 0 Å². The zero-order valence-electron chi connectivity index (χ0n) is 11.2. The van der Waals surface area contributed by atoms with Crippen LogP contribution in [0.5, 0.6) is 0 Å². The van der Waals surface area contributed by atoms with E-state index in [4.69, 9.17) is 9.40 Å². The standard InChI is InChI=1S/C15H24N2O/c1-2-4-7-12(8-5-3-1)14-11-18-15(17-14)13-9-6-10-16-13/h11-13,16H,1-10H2/t13-/m0/s1. The molecule has 0 radical (unpaired) electrons. The molecule has 100 valence electrons. The van der Waals surface area contributed by atoms with Crippen molar-refractivity contribution in [3.63, 3.8) is 0 Å². The summed E-state index contributed by atoms with van der Waals surface area (Å²) < 4.78 is 5.70. The molecule has 1 aliphatic heterocycles. The van der Waals surface area contributed by atoms with Crippen LogP contribution in [0.2, 0.25) is 0 Å². The van der Waals surface area contributed by atoms with Crippen LogP contribution in [0, 0.1) is 0 Å². The third kappa shape index (κ3) is 2.77. The van der Waals surface area contributed by atoms with Gasteiger partial charge in [-0.15, -0.1) is 0 Å². The summed E-state index contributed by atoms with van der Waals surface area (Å²) >= 11 is 0. The predicted octanol–water partition coefficient (Wildman–Crippen LogP) is 3.93. The monoisotopic (exact) mass is 248 g/mol. The molecule has 1 aromatic heterocycles. The number of nitrogens with zero attached hydrogens (tertiary/aromatic N) is 1. The molecule has 1 saturated heterocycles. The number of hydrogen-bond acceptors (Lipinski definition) is 3. The van der Waals surface area contributed by atoms with E-state index in [1.54, 1.807) is 0 Å². The van der Waals surface area contributed by atoms with Gasteiger partial charge in [-0.2, -0.15) is 0 Å². The van der Waals surface area contributed by atoms with Crippen molar-refractivity contribution >= 4 is 0 Å². The summed E-state index contributed by atoms with van der Waals surface area (Å²) in [6.07, 6.45) is 13.8. The van der Waals surface area contributed by atoms with Crippen molar-refractivity contribution in [2.24, 2.45) is 0 Å². The van der Waals surface area contributed by atoms with E-state index in [1.165, 1.54) is 63.5 Å². The van der Waals surface area contributed by atoms with Gasteiger partial charge in [0.25, 0.3) is 0 Å². The first kappa shape index (κ1) is 12.2. The summed E-state index contributed by atoms with van der Waals surface area (Å²) in [5, 5.41) is 3.46. The molecular weight excluding hydrogens is 224 g/mol. The Hall–Kier alpha value is -0.830. The lowest BCUT2D eigenvalue weighted by Crippen LogP contribution is -2.13. The first-order chi connectivity index (χ1) is 8.93. The minimum Gasteiger partial charge on any atom is -0.447 e. The van der Waals surface area contributed by atoms with Crippen LogP contribution in [0.4, 0.5) is 0 Å². The third-order valence-electron chi connectivity index (χ3n) is 4.42. The Labute approximate surface area is 109 Å². The van der Waals surface area contributed by atoms with E-state index in [0.29, 0.717) is 12.0 Å². The number of nitrogens with one attached hydrogen (secondary N) is 1. The Bertz CT molecular complexity index is 360. The van der Waals surface area contributed by atoms with Gasteiger partial charge in [0.15, 0.2) is 0 Å². The summed E-state index contributed by atoms with van der Waals surface area (Å²) in [4.78, 5) is 4.76. The smallest absolute Gasteiger partial charge is 0.211 e. The van der Waals surface area contributed by atoms with Crippen molar-refractivity contribution in [3.8, 4) is 0 Å². The lowest BCUT2D eigenvalue weighted by Gasteiger charge is -2.17. The molecule has 3 heteroatoms. The van der Waals surface area contributed by atoms with E-state index in [9.17, 15) is 0 Å². The van der Waals surface area contributed by atoms with E-state index in [2.05, 4.69) is 5.32 Å². The zero-order valence-corrected chi connectivity index (χ0v) is 11.2. The number of aromatic nitrogens is 1. The Balaban J connectivity index is 1.66. The Morgan fingerprint density at radius 2 is 1.78 bits per heavy atom. The van der Waals surface area contributed by atoms with E-state index in [-0.39, 0.29) is 0 Å². The highest BCUT2D eigenvalue weighted by atomic mass is 16.3. The van der Waals surface area contributed by atoms with Crippen molar-refractivity contribution in [3.05, 3.63) is 17.8 Å². The highest BCUT2D eigenvalue weighted by Crippen LogP contribution is 2.32. The van der Waals surface area contributed by atoms with Gasteiger partial charge in [0, 0.05) is 5.92 Å². The Morgan fingerprint density at radius 1 is 1.00 bits per heavy atom. The summed E-state index contributed by atoms with van der Waals surface area (Å²) in [5.41, 5.74) is 1.21. The van der Waals surface area contributed by atoms with Gasteiger partial charge in [-0.05, 0) is 32.2 Å². The molecule has 2 aliphatic rings. The second-order valence-corrected chi connectivity index (χ2v) is 5.80. The van der Waals surface area contributed by atoms with Gasteiger partial charge in [-0.25, -0.2) is 4.98 Å². The molecule has 3 nitrogen and oxygen atoms in total. The minimum atomic E-state index is 0.368. The van der Waals surface area contributed by atoms with Crippen LogP contribution >= 0.6 is 0 Å². The number of hydrogen-bond donors (Lipinski definition) is 1. The topological polar surface area (TPSA) is 38.1 Å². The Kier molecular flexibility index (Phi) is 3.99. The lowest BCUT2D eigenvalue weighted by atomic mass is 9.89. The summed E-state index contributed by atoms with van der Waals surface area (Å²) in [5.74, 6) is 1.56. The molecule has 1 aliphatic carbocycles. The van der Waals surface area contributed by atoms with Crippen LogP contribution in [0.25, 0.3) is 0 Å². The van der Waals surface area contributed by atoms with Gasteiger partial charge in [0.1, 0.15) is 6.26 Å². The molecule has 1 saturated carbocycles. The highest BCUT2D eigenvalue weighted by molar-refractivity contribution is 5.07. The van der Waals surface area contributed by atoms with Gasteiger partial charge < -0.3 is 9.73 Å². The lowest BCUT2D eigenvalue weighted by molar-refractivity contribution is 0.428. The van der Waals surface area contributed by atoms with Crippen LogP contribution in [-0.4, -0.2) is 11.5 Å². The quantitative estimate of drug-likeness (QED) is 0.861. The molecule has 2 heterocycles. The van der Waals surface area contributed by atoms with Crippen LogP contribution in [-0.2, 0) is 0 Å². The molecule has 0 spiro atoms. The SMILES string of the molecule is c1oc([C@@H]2CCCN2)nc1C1CCCCCCC1. The van der Waals surface area contributed by atoms with Gasteiger partial charge in [0.05, 0.1) is 11.7 Å². The van der Waals surface area contributed by atoms with Crippen molar-refractivity contribution in [2.75, 3.05) is 6.54 Å². The van der Waals surface area contributed by atoms with E-state index in [1.807, 2.05) is 6.26 Å². The number of rotatable bonds is 2. The fourth-order valence-corrected chi connectivity index (χ4v) is 3.30.